The summed E-state index contributed by atoms with van der Waals surface area (Å²) in [5, 5.41) is 12.1. The van der Waals surface area contributed by atoms with E-state index in [4.69, 9.17) is 13.9 Å². The van der Waals surface area contributed by atoms with E-state index in [-0.39, 0.29) is 11.7 Å². The smallest absolute Gasteiger partial charge is 0.234 e. The second-order valence-electron chi connectivity index (χ2n) is 7.34. The van der Waals surface area contributed by atoms with Gasteiger partial charge in [0.25, 0.3) is 0 Å². The number of benzene rings is 1. The maximum atomic E-state index is 12.5. The molecule has 2 aromatic heterocycles. The van der Waals surface area contributed by atoms with Crippen LogP contribution in [0.5, 0.6) is 11.5 Å². The van der Waals surface area contributed by atoms with Crippen molar-refractivity contribution in [2.75, 3.05) is 24.3 Å². The number of thioether (sulfide) groups is 1. The highest BCUT2D eigenvalue weighted by atomic mass is 32.2. The summed E-state index contributed by atoms with van der Waals surface area (Å²) in [5.41, 5.74) is 0.671. The van der Waals surface area contributed by atoms with Crippen molar-refractivity contribution in [1.82, 2.24) is 14.8 Å². The van der Waals surface area contributed by atoms with Crippen molar-refractivity contribution in [2.45, 2.75) is 32.0 Å². The molecule has 0 aliphatic carbocycles. The lowest BCUT2D eigenvalue weighted by Crippen LogP contribution is -2.15. The first-order valence-corrected chi connectivity index (χ1v) is 10.9. The maximum absolute atomic E-state index is 12.5. The van der Waals surface area contributed by atoms with Crippen LogP contribution in [-0.2, 0) is 11.3 Å². The number of furan rings is 1. The molecule has 4 rings (SSSR count). The standard InChI is InChI=1S/C21H24N4O4S/c1-14(2)12-25-20(17-5-3-8-28-17)23-24-21(25)30-13-19(26)22-15-6-7-16-18(11-15)29-10-4-9-27-16/h3,5-8,11,14H,4,9-10,12-13H2,1-2H3,(H,22,26). The van der Waals surface area contributed by atoms with Crippen LogP contribution in [0.15, 0.2) is 46.2 Å². The molecule has 1 aliphatic rings. The van der Waals surface area contributed by atoms with Crippen LogP contribution < -0.4 is 14.8 Å². The molecule has 1 aliphatic heterocycles. The van der Waals surface area contributed by atoms with Crippen LogP contribution in [0.1, 0.15) is 20.3 Å². The lowest BCUT2D eigenvalue weighted by atomic mass is 10.2. The summed E-state index contributed by atoms with van der Waals surface area (Å²) >= 11 is 1.35. The Hall–Kier alpha value is -2.94. The fourth-order valence-corrected chi connectivity index (χ4v) is 3.83. The number of hydrogen-bond acceptors (Lipinski definition) is 7. The third kappa shape index (κ3) is 4.79. The first kappa shape index (κ1) is 20.3. The predicted molar refractivity (Wildman–Crippen MR) is 114 cm³/mol. The Morgan fingerprint density at radius 2 is 2.03 bits per heavy atom. The van der Waals surface area contributed by atoms with E-state index in [9.17, 15) is 4.79 Å². The molecule has 3 heterocycles. The Kier molecular flexibility index (Phi) is 6.27. The van der Waals surface area contributed by atoms with E-state index in [1.807, 2.05) is 28.8 Å². The minimum atomic E-state index is -0.131. The molecule has 3 aromatic rings. The van der Waals surface area contributed by atoms with E-state index in [1.165, 1.54) is 11.8 Å². The van der Waals surface area contributed by atoms with Crippen molar-refractivity contribution < 1.29 is 18.7 Å². The summed E-state index contributed by atoms with van der Waals surface area (Å²) in [4.78, 5) is 12.5. The van der Waals surface area contributed by atoms with Crippen LogP contribution in [0.3, 0.4) is 0 Å². The zero-order chi connectivity index (χ0) is 20.9. The molecule has 9 heteroatoms. The fourth-order valence-electron chi connectivity index (χ4n) is 3.08. The number of carbonyl (C=O) groups excluding carboxylic acids is 1. The number of fused-ring (bicyclic) bond motifs is 1. The summed E-state index contributed by atoms with van der Waals surface area (Å²) in [6, 6.07) is 9.09. The molecule has 1 aromatic carbocycles. The molecule has 1 N–H and O–H groups in total. The van der Waals surface area contributed by atoms with Crippen LogP contribution >= 0.6 is 11.8 Å². The summed E-state index contributed by atoms with van der Waals surface area (Å²) in [6.45, 7) is 6.21. The van der Waals surface area contributed by atoms with Gasteiger partial charge in [0.05, 0.1) is 25.2 Å². The third-order valence-corrected chi connectivity index (χ3v) is 5.34. The molecule has 8 nitrogen and oxygen atoms in total. The van der Waals surface area contributed by atoms with Crippen molar-refractivity contribution in [3.05, 3.63) is 36.6 Å². The molecular formula is C21H24N4O4S. The molecule has 0 radical (unpaired) electrons. The topological polar surface area (TPSA) is 91.4 Å². The maximum Gasteiger partial charge on any atom is 0.234 e. The van der Waals surface area contributed by atoms with Gasteiger partial charge < -0.3 is 19.2 Å². The normalized spacial score (nSPS) is 13.3. The first-order valence-electron chi connectivity index (χ1n) is 9.89. The average Bonchev–Trinajstić information content (AvgIpc) is 3.31. The van der Waals surface area contributed by atoms with Gasteiger partial charge in [0.2, 0.25) is 5.91 Å². The predicted octanol–water partition coefficient (Wildman–Crippen LogP) is 4.09. The Bertz CT molecular complexity index is 1000. The number of hydrogen-bond donors (Lipinski definition) is 1. The molecule has 0 fully saturated rings. The van der Waals surface area contributed by atoms with Crippen LogP contribution in [0.25, 0.3) is 11.6 Å². The zero-order valence-corrected chi connectivity index (χ0v) is 17.8. The van der Waals surface area contributed by atoms with Crippen molar-refractivity contribution in [3.63, 3.8) is 0 Å². The largest absolute Gasteiger partial charge is 0.490 e. The van der Waals surface area contributed by atoms with E-state index in [0.717, 1.165) is 13.0 Å². The molecule has 0 spiro atoms. The van der Waals surface area contributed by atoms with E-state index in [0.29, 0.717) is 53.1 Å². The third-order valence-electron chi connectivity index (χ3n) is 4.37. The highest BCUT2D eigenvalue weighted by Gasteiger charge is 2.18. The molecular weight excluding hydrogens is 404 g/mol. The molecule has 0 bridgehead atoms. The van der Waals surface area contributed by atoms with Crippen LogP contribution in [0.4, 0.5) is 5.69 Å². The van der Waals surface area contributed by atoms with Gasteiger partial charge in [0.1, 0.15) is 0 Å². The lowest BCUT2D eigenvalue weighted by Gasteiger charge is -2.12. The van der Waals surface area contributed by atoms with Crippen molar-refractivity contribution in [3.8, 4) is 23.1 Å². The first-order chi connectivity index (χ1) is 14.6. The van der Waals surface area contributed by atoms with Gasteiger partial charge in [-0.25, -0.2) is 0 Å². The minimum Gasteiger partial charge on any atom is -0.490 e. The summed E-state index contributed by atoms with van der Waals surface area (Å²) < 4.78 is 18.8. The van der Waals surface area contributed by atoms with E-state index < -0.39 is 0 Å². The lowest BCUT2D eigenvalue weighted by molar-refractivity contribution is -0.113. The average molecular weight is 429 g/mol. The van der Waals surface area contributed by atoms with Gasteiger partial charge in [-0.3, -0.25) is 9.36 Å². The number of nitrogens with one attached hydrogen (secondary N) is 1. The summed E-state index contributed by atoms with van der Waals surface area (Å²) in [5.74, 6) is 3.15. The van der Waals surface area contributed by atoms with Gasteiger partial charge >= 0.3 is 0 Å². The molecule has 158 valence electrons. The second-order valence-corrected chi connectivity index (χ2v) is 8.28. The molecule has 0 atom stereocenters. The van der Waals surface area contributed by atoms with Crippen LogP contribution in [0.2, 0.25) is 0 Å². The molecule has 0 unspecified atom stereocenters. The van der Waals surface area contributed by atoms with Crippen molar-refractivity contribution in [2.24, 2.45) is 5.92 Å². The van der Waals surface area contributed by atoms with Gasteiger partial charge in [-0.05, 0) is 30.2 Å². The number of carbonyl (C=O) groups is 1. The number of rotatable bonds is 7. The Morgan fingerprint density at radius 1 is 1.20 bits per heavy atom. The summed E-state index contributed by atoms with van der Waals surface area (Å²) in [6.07, 6.45) is 2.45. The van der Waals surface area contributed by atoms with Crippen molar-refractivity contribution >= 4 is 23.4 Å². The molecule has 30 heavy (non-hydrogen) atoms. The Balaban J connectivity index is 1.42. The van der Waals surface area contributed by atoms with Gasteiger partial charge in [-0.1, -0.05) is 25.6 Å². The summed E-state index contributed by atoms with van der Waals surface area (Å²) in [7, 11) is 0. The Morgan fingerprint density at radius 3 is 2.80 bits per heavy atom. The van der Waals surface area contributed by atoms with Crippen molar-refractivity contribution in [1.29, 1.82) is 0 Å². The molecule has 1 amide bonds. The number of nitrogens with zero attached hydrogens (tertiary/aromatic N) is 3. The molecule has 0 saturated carbocycles. The Labute approximate surface area is 179 Å². The van der Waals surface area contributed by atoms with Gasteiger partial charge in [0, 0.05) is 24.7 Å². The van der Waals surface area contributed by atoms with Crippen LogP contribution in [-0.4, -0.2) is 39.6 Å². The van der Waals surface area contributed by atoms with Crippen LogP contribution in [0, 0.1) is 5.92 Å². The minimum absolute atomic E-state index is 0.131. The quantitative estimate of drug-likeness (QED) is 0.567. The number of aromatic nitrogens is 3. The molecule has 0 saturated heterocycles. The zero-order valence-electron chi connectivity index (χ0n) is 17.0. The van der Waals surface area contributed by atoms with E-state index >= 15 is 0 Å². The van der Waals surface area contributed by atoms with Gasteiger partial charge in [-0.2, -0.15) is 0 Å². The number of anilines is 1. The highest BCUT2D eigenvalue weighted by Crippen LogP contribution is 2.32. The van der Waals surface area contributed by atoms with Gasteiger partial charge in [0.15, 0.2) is 28.2 Å². The monoisotopic (exact) mass is 428 g/mol. The second kappa shape index (κ2) is 9.25. The highest BCUT2D eigenvalue weighted by molar-refractivity contribution is 7.99. The number of ether oxygens (including phenoxy) is 2. The SMILES string of the molecule is CC(C)Cn1c(SCC(=O)Nc2ccc3c(c2)OCCCO3)nnc1-c1ccco1. The van der Waals surface area contributed by atoms with E-state index in [1.54, 1.807) is 12.3 Å². The van der Waals surface area contributed by atoms with E-state index in [2.05, 4.69) is 29.4 Å². The fraction of sp³-hybridized carbons (Fsp3) is 0.381. The number of amides is 1. The van der Waals surface area contributed by atoms with Gasteiger partial charge in [-0.15, -0.1) is 10.2 Å².